The standard InChI is InChI=1S/C24H19N5O7/c1-11-18(25-12(2)20(11)23(32)33)10-17-16-8-5-14(9-19(16)27-22(17)31)26-24(34)28-21(30)13-3-6-15(7-4-13)29(35)36/h3-10,25H,1-2H3,(H,27,31)(H,32,33)(H2,26,28,30,34). The molecule has 4 rings (SSSR count). The highest BCUT2D eigenvalue weighted by Gasteiger charge is 2.26. The van der Waals surface area contributed by atoms with E-state index >= 15 is 0 Å². The van der Waals surface area contributed by atoms with E-state index in [1.165, 1.54) is 18.2 Å². The average Bonchev–Trinajstić information content (AvgIpc) is 3.27. The maximum atomic E-state index is 12.6. The number of amides is 4. The van der Waals surface area contributed by atoms with E-state index in [1.54, 1.807) is 32.1 Å². The number of aryl methyl sites for hydroxylation is 1. The van der Waals surface area contributed by atoms with Crippen LogP contribution in [0.2, 0.25) is 0 Å². The third kappa shape index (κ3) is 4.55. The number of aromatic carboxylic acids is 1. The van der Waals surface area contributed by atoms with Crippen LogP contribution >= 0.6 is 0 Å². The van der Waals surface area contributed by atoms with E-state index in [2.05, 4.69) is 20.9 Å². The van der Waals surface area contributed by atoms with Gasteiger partial charge in [-0.15, -0.1) is 0 Å². The van der Waals surface area contributed by atoms with Crippen LogP contribution in [-0.2, 0) is 4.79 Å². The molecule has 0 unspecified atom stereocenters. The van der Waals surface area contributed by atoms with Gasteiger partial charge in [0.25, 0.3) is 17.5 Å². The van der Waals surface area contributed by atoms with Gasteiger partial charge in [-0.2, -0.15) is 0 Å². The number of nitro groups is 1. The molecule has 12 heteroatoms. The van der Waals surface area contributed by atoms with E-state index in [9.17, 15) is 34.4 Å². The number of nitro benzene ring substituents is 1. The zero-order valence-electron chi connectivity index (χ0n) is 19.0. The molecular weight excluding hydrogens is 470 g/mol. The molecule has 1 aliphatic rings. The van der Waals surface area contributed by atoms with Crippen molar-refractivity contribution in [1.29, 1.82) is 0 Å². The summed E-state index contributed by atoms with van der Waals surface area (Å²) in [6.07, 6.45) is 1.57. The molecule has 0 radical (unpaired) electrons. The second-order valence-corrected chi connectivity index (χ2v) is 7.95. The Morgan fingerprint density at radius 2 is 1.78 bits per heavy atom. The molecule has 1 aliphatic heterocycles. The highest BCUT2D eigenvalue weighted by molar-refractivity contribution is 6.35. The van der Waals surface area contributed by atoms with Gasteiger partial charge in [0.1, 0.15) is 0 Å². The lowest BCUT2D eigenvalue weighted by Crippen LogP contribution is -2.34. The number of carbonyl (C=O) groups is 4. The number of non-ortho nitro benzene ring substituents is 1. The molecule has 2 aromatic carbocycles. The fourth-order valence-electron chi connectivity index (χ4n) is 3.87. The lowest BCUT2D eigenvalue weighted by molar-refractivity contribution is -0.384. The molecule has 3 aromatic rings. The number of carboxylic acid groups (broad SMARTS) is 1. The van der Waals surface area contributed by atoms with Crippen molar-refractivity contribution in [3.63, 3.8) is 0 Å². The number of H-pyrrole nitrogens is 1. The van der Waals surface area contributed by atoms with Gasteiger partial charge in [0.15, 0.2) is 0 Å². The van der Waals surface area contributed by atoms with Gasteiger partial charge in [-0.1, -0.05) is 6.07 Å². The van der Waals surface area contributed by atoms with Crippen LogP contribution in [0.1, 0.15) is 43.2 Å². The molecule has 0 bridgehead atoms. The molecule has 2 heterocycles. The molecular formula is C24H19N5O7. The molecule has 1 aromatic heterocycles. The smallest absolute Gasteiger partial charge is 0.337 e. The predicted octanol–water partition coefficient (Wildman–Crippen LogP) is 3.69. The Morgan fingerprint density at radius 1 is 1.08 bits per heavy atom. The number of hydrogen-bond donors (Lipinski definition) is 5. The van der Waals surface area contributed by atoms with Gasteiger partial charge in [0.2, 0.25) is 0 Å². The topological polar surface area (TPSA) is 184 Å². The maximum absolute atomic E-state index is 12.6. The Kier molecular flexibility index (Phi) is 6.09. The van der Waals surface area contributed by atoms with E-state index in [0.717, 1.165) is 12.1 Å². The number of carbonyl (C=O) groups excluding carboxylic acids is 3. The van der Waals surface area contributed by atoms with Gasteiger partial charge in [0, 0.05) is 40.3 Å². The maximum Gasteiger partial charge on any atom is 0.337 e. The molecule has 0 saturated heterocycles. The minimum absolute atomic E-state index is 0.0626. The number of hydrogen-bond acceptors (Lipinski definition) is 6. The van der Waals surface area contributed by atoms with Crippen molar-refractivity contribution in [3.8, 4) is 0 Å². The normalized spacial score (nSPS) is 13.2. The van der Waals surface area contributed by atoms with E-state index in [-0.39, 0.29) is 16.8 Å². The Morgan fingerprint density at radius 3 is 2.39 bits per heavy atom. The number of aromatic amines is 1. The van der Waals surface area contributed by atoms with Gasteiger partial charge >= 0.3 is 12.0 Å². The Balaban J connectivity index is 1.49. The molecule has 5 N–H and O–H groups in total. The van der Waals surface area contributed by atoms with Crippen LogP contribution in [0.3, 0.4) is 0 Å². The number of aromatic nitrogens is 1. The van der Waals surface area contributed by atoms with Gasteiger partial charge in [-0.05, 0) is 49.8 Å². The quantitative estimate of drug-likeness (QED) is 0.205. The molecule has 0 aliphatic carbocycles. The summed E-state index contributed by atoms with van der Waals surface area (Å²) in [5.41, 5.74) is 3.08. The van der Waals surface area contributed by atoms with Gasteiger partial charge in [-0.3, -0.25) is 25.0 Å². The summed E-state index contributed by atoms with van der Waals surface area (Å²) < 4.78 is 0. The number of anilines is 2. The molecule has 0 spiro atoms. The van der Waals surface area contributed by atoms with E-state index < -0.39 is 28.7 Å². The summed E-state index contributed by atoms with van der Waals surface area (Å²) in [7, 11) is 0. The zero-order chi connectivity index (χ0) is 26.1. The van der Waals surface area contributed by atoms with E-state index in [4.69, 9.17) is 0 Å². The molecule has 0 atom stereocenters. The first-order chi connectivity index (χ1) is 17.0. The van der Waals surface area contributed by atoms with Crippen LogP contribution in [-0.4, -0.2) is 38.8 Å². The lowest BCUT2D eigenvalue weighted by atomic mass is 10.0. The fourth-order valence-corrected chi connectivity index (χ4v) is 3.87. The van der Waals surface area contributed by atoms with Crippen molar-refractivity contribution in [2.24, 2.45) is 0 Å². The van der Waals surface area contributed by atoms with Gasteiger partial charge < -0.3 is 20.7 Å². The highest BCUT2D eigenvalue weighted by atomic mass is 16.6. The minimum Gasteiger partial charge on any atom is -0.478 e. The molecule has 4 amide bonds. The van der Waals surface area contributed by atoms with Crippen LogP contribution in [0.4, 0.5) is 21.9 Å². The number of fused-ring (bicyclic) bond motifs is 1. The molecule has 0 saturated carbocycles. The number of urea groups is 1. The summed E-state index contributed by atoms with van der Waals surface area (Å²) in [4.78, 5) is 61.6. The largest absolute Gasteiger partial charge is 0.478 e. The van der Waals surface area contributed by atoms with Crippen LogP contribution < -0.4 is 16.0 Å². The highest BCUT2D eigenvalue weighted by Crippen LogP contribution is 2.35. The zero-order valence-corrected chi connectivity index (χ0v) is 19.0. The summed E-state index contributed by atoms with van der Waals surface area (Å²) in [5, 5.41) is 27.4. The van der Waals surface area contributed by atoms with Crippen molar-refractivity contribution in [2.45, 2.75) is 13.8 Å². The number of rotatable bonds is 5. The number of carboxylic acids is 1. The van der Waals surface area contributed by atoms with Crippen molar-refractivity contribution in [3.05, 3.63) is 86.2 Å². The van der Waals surface area contributed by atoms with Crippen molar-refractivity contribution in [2.75, 3.05) is 10.6 Å². The summed E-state index contributed by atoms with van der Waals surface area (Å²) in [6, 6.07) is 8.59. The fraction of sp³-hybridized carbons (Fsp3) is 0.0833. The molecule has 182 valence electrons. The summed E-state index contributed by atoms with van der Waals surface area (Å²) in [6.45, 7) is 3.28. The Bertz CT molecular complexity index is 1490. The first kappa shape index (κ1) is 23.9. The van der Waals surface area contributed by atoms with Crippen molar-refractivity contribution < 1.29 is 29.2 Å². The van der Waals surface area contributed by atoms with Crippen molar-refractivity contribution in [1.82, 2.24) is 10.3 Å². The monoisotopic (exact) mass is 489 g/mol. The predicted molar refractivity (Wildman–Crippen MR) is 130 cm³/mol. The number of nitrogens with zero attached hydrogens (tertiary/aromatic N) is 1. The van der Waals surface area contributed by atoms with Crippen molar-refractivity contribution >= 4 is 52.5 Å². The Hall–Kier alpha value is -5.26. The Labute approximate surface area is 203 Å². The first-order valence-corrected chi connectivity index (χ1v) is 10.5. The SMILES string of the molecule is Cc1[nH]c(C=C2C(=O)Nc3cc(NC(=O)NC(=O)c4ccc([N+](=O)[O-])cc4)ccc32)c(C)c1C(=O)O. The van der Waals surface area contributed by atoms with Crippen LogP contribution in [0.15, 0.2) is 42.5 Å². The number of imide groups is 1. The number of nitrogens with one attached hydrogen (secondary N) is 4. The van der Waals surface area contributed by atoms with Crippen LogP contribution in [0.25, 0.3) is 11.6 Å². The third-order valence-corrected chi connectivity index (χ3v) is 5.61. The molecule has 36 heavy (non-hydrogen) atoms. The molecule has 12 nitrogen and oxygen atoms in total. The second kappa shape index (κ2) is 9.18. The lowest BCUT2D eigenvalue weighted by Gasteiger charge is -2.08. The third-order valence-electron chi connectivity index (χ3n) is 5.61. The van der Waals surface area contributed by atoms with Crippen LogP contribution in [0, 0.1) is 24.0 Å². The van der Waals surface area contributed by atoms with E-state index in [1.807, 2.05) is 0 Å². The van der Waals surface area contributed by atoms with Crippen LogP contribution in [0.5, 0.6) is 0 Å². The van der Waals surface area contributed by atoms with E-state index in [0.29, 0.717) is 39.5 Å². The van der Waals surface area contributed by atoms with Gasteiger partial charge in [-0.25, -0.2) is 9.59 Å². The average molecular weight is 489 g/mol. The summed E-state index contributed by atoms with van der Waals surface area (Å²) >= 11 is 0. The number of benzene rings is 2. The molecule has 0 fully saturated rings. The first-order valence-electron chi connectivity index (χ1n) is 10.5. The minimum atomic E-state index is -1.07. The van der Waals surface area contributed by atoms with Gasteiger partial charge in [0.05, 0.1) is 21.7 Å². The summed E-state index contributed by atoms with van der Waals surface area (Å²) in [5.74, 6) is -2.22. The second-order valence-electron chi connectivity index (χ2n) is 7.95.